The second-order valence-corrected chi connectivity index (χ2v) is 5.11. The van der Waals surface area contributed by atoms with Crippen LogP contribution in [0.5, 0.6) is 0 Å². The minimum atomic E-state index is -0.840. The van der Waals surface area contributed by atoms with E-state index in [9.17, 15) is 19.3 Å². The number of nitrogens with two attached hydrogens (primary N) is 1. The van der Waals surface area contributed by atoms with Crippen LogP contribution in [0.15, 0.2) is 12.1 Å². The fourth-order valence-corrected chi connectivity index (χ4v) is 2.21. The summed E-state index contributed by atoms with van der Waals surface area (Å²) < 4.78 is 13.8. The number of anilines is 1. The third-order valence-corrected chi connectivity index (χ3v) is 3.82. The molecular formula is C13H16FN3O3. The Hall–Kier alpha value is -2.18. The van der Waals surface area contributed by atoms with Crippen LogP contribution >= 0.6 is 0 Å². The Morgan fingerprint density at radius 2 is 2.15 bits per heavy atom. The van der Waals surface area contributed by atoms with Crippen molar-refractivity contribution in [3.8, 4) is 0 Å². The average Bonchev–Trinajstić information content (AvgIpc) is 3.20. The van der Waals surface area contributed by atoms with Crippen molar-refractivity contribution >= 4 is 17.3 Å². The van der Waals surface area contributed by atoms with Crippen LogP contribution in [-0.4, -0.2) is 28.8 Å². The van der Waals surface area contributed by atoms with E-state index in [1.807, 2.05) is 6.92 Å². The molecule has 1 atom stereocenters. The highest BCUT2D eigenvalue weighted by Gasteiger charge is 2.35. The van der Waals surface area contributed by atoms with Gasteiger partial charge in [-0.3, -0.25) is 14.9 Å². The number of nitrogen functional groups attached to an aromatic ring is 1. The van der Waals surface area contributed by atoms with Crippen molar-refractivity contribution in [2.24, 2.45) is 5.92 Å². The summed E-state index contributed by atoms with van der Waals surface area (Å²) in [6, 6.07) is 1.82. The molecule has 1 aliphatic rings. The first kappa shape index (κ1) is 14.2. The third-order valence-electron chi connectivity index (χ3n) is 3.82. The maximum atomic E-state index is 13.8. The van der Waals surface area contributed by atoms with E-state index < -0.39 is 33.6 Å². The molecule has 7 heteroatoms. The van der Waals surface area contributed by atoms with Crippen molar-refractivity contribution in [2.75, 3.05) is 12.8 Å². The molecule has 0 aliphatic heterocycles. The maximum Gasteiger partial charge on any atom is 0.293 e. The molecule has 0 aromatic heterocycles. The summed E-state index contributed by atoms with van der Waals surface area (Å²) in [5.74, 6) is -1.05. The van der Waals surface area contributed by atoms with Gasteiger partial charge in [0.05, 0.1) is 4.92 Å². The number of nitro groups is 1. The van der Waals surface area contributed by atoms with E-state index in [4.69, 9.17) is 5.73 Å². The largest absolute Gasteiger partial charge is 0.392 e. The van der Waals surface area contributed by atoms with Gasteiger partial charge in [-0.25, -0.2) is 4.39 Å². The molecule has 2 N–H and O–H groups in total. The van der Waals surface area contributed by atoms with Crippen LogP contribution in [0.1, 0.15) is 30.1 Å². The number of nitro benzene ring substituents is 1. The molecule has 0 heterocycles. The smallest absolute Gasteiger partial charge is 0.293 e. The Morgan fingerprint density at radius 3 is 2.65 bits per heavy atom. The van der Waals surface area contributed by atoms with E-state index in [1.54, 1.807) is 7.05 Å². The molecule has 1 aliphatic carbocycles. The third kappa shape index (κ3) is 2.43. The molecule has 20 heavy (non-hydrogen) atoms. The van der Waals surface area contributed by atoms with Crippen LogP contribution in [0, 0.1) is 21.8 Å². The standard InChI is InChI=1S/C13H16FN3O3/c1-7(8-3-4-8)16(2)13(18)11-9(14)5-6-10(12(11)15)17(19)20/h5-8H,3-4,15H2,1-2H3. The lowest BCUT2D eigenvalue weighted by molar-refractivity contribution is -0.384. The summed E-state index contributed by atoms with van der Waals surface area (Å²) in [5, 5.41) is 10.8. The lowest BCUT2D eigenvalue weighted by Gasteiger charge is -2.25. The van der Waals surface area contributed by atoms with Crippen LogP contribution < -0.4 is 5.73 Å². The van der Waals surface area contributed by atoms with Gasteiger partial charge in [0.25, 0.3) is 11.6 Å². The lowest BCUT2D eigenvalue weighted by Crippen LogP contribution is -2.37. The highest BCUT2D eigenvalue weighted by molar-refractivity contribution is 6.01. The number of halogens is 1. The zero-order valence-electron chi connectivity index (χ0n) is 11.3. The molecule has 108 valence electrons. The van der Waals surface area contributed by atoms with Crippen molar-refractivity contribution < 1.29 is 14.1 Å². The number of rotatable bonds is 4. The lowest BCUT2D eigenvalue weighted by atomic mass is 10.1. The molecule has 0 spiro atoms. The molecule has 1 aromatic carbocycles. The van der Waals surface area contributed by atoms with E-state index in [0.717, 1.165) is 25.0 Å². The van der Waals surface area contributed by atoms with Crippen molar-refractivity contribution in [3.05, 3.63) is 33.6 Å². The first-order valence-corrected chi connectivity index (χ1v) is 6.34. The van der Waals surface area contributed by atoms with E-state index >= 15 is 0 Å². The molecule has 2 rings (SSSR count). The first-order chi connectivity index (χ1) is 9.34. The molecule has 0 bridgehead atoms. The van der Waals surface area contributed by atoms with E-state index in [1.165, 1.54) is 4.90 Å². The summed E-state index contributed by atoms with van der Waals surface area (Å²) in [6.07, 6.45) is 2.07. The Morgan fingerprint density at radius 1 is 1.55 bits per heavy atom. The highest BCUT2D eigenvalue weighted by Crippen LogP contribution is 2.36. The van der Waals surface area contributed by atoms with Gasteiger partial charge in [0.15, 0.2) is 0 Å². The first-order valence-electron chi connectivity index (χ1n) is 6.34. The number of amides is 1. The zero-order valence-corrected chi connectivity index (χ0v) is 11.3. The normalized spacial score (nSPS) is 15.8. The molecule has 1 fully saturated rings. The molecule has 0 radical (unpaired) electrons. The highest BCUT2D eigenvalue weighted by atomic mass is 19.1. The maximum absolute atomic E-state index is 13.8. The van der Waals surface area contributed by atoms with Gasteiger partial charge in [-0.2, -0.15) is 0 Å². The molecule has 1 aromatic rings. The van der Waals surface area contributed by atoms with Gasteiger partial charge >= 0.3 is 0 Å². The Bertz CT molecular complexity index is 572. The van der Waals surface area contributed by atoms with Crippen molar-refractivity contribution in [1.82, 2.24) is 4.90 Å². The second kappa shape index (κ2) is 5.07. The predicted octanol–water partition coefficient (Wildman–Crippen LogP) is 2.19. The van der Waals surface area contributed by atoms with Gasteiger partial charge in [-0.15, -0.1) is 0 Å². The molecule has 1 unspecified atom stereocenters. The quantitative estimate of drug-likeness (QED) is 0.520. The SMILES string of the molecule is CC(C1CC1)N(C)C(=O)c1c(F)ccc([N+](=O)[O-])c1N. The van der Waals surface area contributed by atoms with Crippen molar-refractivity contribution in [2.45, 2.75) is 25.8 Å². The minimum Gasteiger partial charge on any atom is -0.392 e. The summed E-state index contributed by atoms with van der Waals surface area (Å²) in [4.78, 5) is 23.8. The summed E-state index contributed by atoms with van der Waals surface area (Å²) in [6.45, 7) is 1.88. The van der Waals surface area contributed by atoms with Crippen LogP contribution in [-0.2, 0) is 0 Å². The minimum absolute atomic E-state index is 0.0411. The van der Waals surface area contributed by atoms with Gasteiger partial charge in [-0.1, -0.05) is 0 Å². The van der Waals surface area contributed by atoms with Crippen molar-refractivity contribution in [3.63, 3.8) is 0 Å². The summed E-state index contributed by atoms with van der Waals surface area (Å²) >= 11 is 0. The van der Waals surface area contributed by atoms with Gasteiger partial charge in [0.2, 0.25) is 0 Å². The number of hydrogen-bond donors (Lipinski definition) is 1. The summed E-state index contributed by atoms with van der Waals surface area (Å²) in [7, 11) is 1.56. The monoisotopic (exact) mass is 281 g/mol. The number of hydrogen-bond acceptors (Lipinski definition) is 4. The van der Waals surface area contributed by atoms with Gasteiger partial charge in [0, 0.05) is 19.2 Å². The molecule has 0 saturated heterocycles. The van der Waals surface area contributed by atoms with Crippen LogP contribution in [0.3, 0.4) is 0 Å². The summed E-state index contributed by atoms with van der Waals surface area (Å²) in [5.41, 5.74) is 4.29. The zero-order chi connectivity index (χ0) is 15.0. The van der Waals surface area contributed by atoms with Crippen LogP contribution in [0.4, 0.5) is 15.8 Å². The molecular weight excluding hydrogens is 265 g/mol. The van der Waals surface area contributed by atoms with E-state index in [0.29, 0.717) is 5.92 Å². The van der Waals surface area contributed by atoms with Crippen molar-refractivity contribution in [1.29, 1.82) is 0 Å². The molecule has 1 amide bonds. The number of nitrogens with zero attached hydrogens (tertiary/aromatic N) is 2. The van der Waals surface area contributed by atoms with E-state index in [2.05, 4.69) is 0 Å². The molecule has 6 nitrogen and oxygen atoms in total. The van der Waals surface area contributed by atoms with Crippen LogP contribution in [0.25, 0.3) is 0 Å². The van der Waals surface area contributed by atoms with Gasteiger partial charge < -0.3 is 10.6 Å². The van der Waals surface area contributed by atoms with E-state index in [-0.39, 0.29) is 6.04 Å². The van der Waals surface area contributed by atoms with Gasteiger partial charge in [-0.05, 0) is 31.7 Å². The molecule has 1 saturated carbocycles. The fraction of sp³-hybridized carbons (Fsp3) is 0.462. The fourth-order valence-electron chi connectivity index (χ4n) is 2.21. The number of carbonyl (C=O) groups is 1. The average molecular weight is 281 g/mol. The Labute approximate surface area is 115 Å². The topological polar surface area (TPSA) is 89.5 Å². The van der Waals surface area contributed by atoms with Crippen LogP contribution in [0.2, 0.25) is 0 Å². The number of benzene rings is 1. The number of carbonyl (C=O) groups excluding carboxylic acids is 1. The van der Waals surface area contributed by atoms with Gasteiger partial charge in [0.1, 0.15) is 17.1 Å². The second-order valence-electron chi connectivity index (χ2n) is 5.11. The predicted molar refractivity (Wildman–Crippen MR) is 71.7 cm³/mol. The Kier molecular flexibility index (Phi) is 3.61. The Balaban J connectivity index is 2.38.